The van der Waals surface area contributed by atoms with Gasteiger partial charge in [0, 0.05) is 24.8 Å². The molecule has 0 aliphatic carbocycles. The smallest absolute Gasteiger partial charge is 0.255 e. The van der Waals surface area contributed by atoms with Crippen molar-refractivity contribution in [3.63, 3.8) is 0 Å². The minimum Gasteiger partial charge on any atom is -0.378 e. The van der Waals surface area contributed by atoms with Gasteiger partial charge >= 0.3 is 0 Å². The number of aromatic nitrogens is 2. The van der Waals surface area contributed by atoms with Crippen LogP contribution in [0.5, 0.6) is 0 Å². The van der Waals surface area contributed by atoms with Gasteiger partial charge in [0.1, 0.15) is 0 Å². The molecule has 0 radical (unpaired) electrons. The summed E-state index contributed by atoms with van der Waals surface area (Å²) in [5.41, 5.74) is 2.23. The maximum atomic E-state index is 12.0. The number of hydrogen-bond donors (Lipinski definition) is 2. The number of rotatable bonds is 3. The molecule has 1 aliphatic heterocycles. The van der Waals surface area contributed by atoms with Crippen molar-refractivity contribution >= 4 is 5.91 Å². The Balaban J connectivity index is 1.94. The average Bonchev–Trinajstić information content (AvgIpc) is 2.83. The quantitative estimate of drug-likeness (QED) is 0.829. The Labute approximate surface area is 101 Å². The molecule has 0 saturated carbocycles. The molecule has 2 N–H and O–H groups in total. The van der Waals surface area contributed by atoms with Crippen LogP contribution >= 0.6 is 0 Å². The Morgan fingerprint density at radius 3 is 2.88 bits per heavy atom. The van der Waals surface area contributed by atoms with Crippen molar-refractivity contribution in [3.05, 3.63) is 17.0 Å². The summed E-state index contributed by atoms with van der Waals surface area (Å²) >= 11 is 0. The molecule has 0 bridgehead atoms. The number of H-pyrrole nitrogens is 1. The number of ether oxygens (including phenoxy) is 1. The number of nitrogens with one attached hydrogen (secondary N) is 2. The predicted molar refractivity (Wildman–Crippen MR) is 63.9 cm³/mol. The van der Waals surface area contributed by atoms with Gasteiger partial charge in [0.15, 0.2) is 0 Å². The van der Waals surface area contributed by atoms with Crippen LogP contribution in [0.2, 0.25) is 0 Å². The molecule has 2 unspecified atom stereocenters. The van der Waals surface area contributed by atoms with Gasteiger partial charge in [0.05, 0.1) is 17.4 Å². The number of hydrogen-bond acceptors (Lipinski definition) is 3. The van der Waals surface area contributed by atoms with Crippen LogP contribution in [0, 0.1) is 19.8 Å². The average molecular weight is 237 g/mol. The summed E-state index contributed by atoms with van der Waals surface area (Å²) in [6, 6.07) is 0. The maximum Gasteiger partial charge on any atom is 0.255 e. The Morgan fingerprint density at radius 2 is 2.35 bits per heavy atom. The highest BCUT2D eigenvalue weighted by molar-refractivity contribution is 5.96. The minimum absolute atomic E-state index is 0.0483. The van der Waals surface area contributed by atoms with E-state index >= 15 is 0 Å². The van der Waals surface area contributed by atoms with Gasteiger partial charge in [0.2, 0.25) is 0 Å². The SMILES string of the molecule is Cc1n[nH]c(C)c1C(=O)NCC1CCOC1C. The number of aryl methyl sites for hydroxylation is 2. The third kappa shape index (κ3) is 2.49. The largest absolute Gasteiger partial charge is 0.378 e. The Morgan fingerprint density at radius 1 is 1.59 bits per heavy atom. The van der Waals surface area contributed by atoms with Crippen molar-refractivity contribution in [1.29, 1.82) is 0 Å². The van der Waals surface area contributed by atoms with Crippen LogP contribution in [0.4, 0.5) is 0 Å². The van der Waals surface area contributed by atoms with Crippen LogP contribution in [0.3, 0.4) is 0 Å². The molecule has 0 aromatic carbocycles. The molecule has 1 aromatic rings. The number of amides is 1. The van der Waals surface area contributed by atoms with Gasteiger partial charge in [-0.3, -0.25) is 9.89 Å². The highest BCUT2D eigenvalue weighted by Crippen LogP contribution is 2.19. The van der Waals surface area contributed by atoms with E-state index in [2.05, 4.69) is 22.4 Å². The molecular formula is C12H19N3O2. The number of carbonyl (C=O) groups excluding carboxylic acids is 1. The van der Waals surface area contributed by atoms with Crippen molar-refractivity contribution in [2.75, 3.05) is 13.2 Å². The van der Waals surface area contributed by atoms with Crippen LogP contribution in [-0.2, 0) is 4.74 Å². The summed E-state index contributed by atoms with van der Waals surface area (Å²) in [5.74, 6) is 0.374. The molecule has 1 aliphatic rings. The van der Waals surface area contributed by atoms with E-state index in [0.717, 1.165) is 24.4 Å². The second-order valence-electron chi connectivity index (χ2n) is 4.64. The zero-order valence-electron chi connectivity index (χ0n) is 10.5. The highest BCUT2D eigenvalue weighted by Gasteiger charge is 2.25. The lowest BCUT2D eigenvalue weighted by molar-refractivity contribution is 0.0906. The maximum absolute atomic E-state index is 12.0. The second kappa shape index (κ2) is 4.87. The third-order valence-electron chi connectivity index (χ3n) is 3.41. The zero-order chi connectivity index (χ0) is 12.4. The van der Waals surface area contributed by atoms with E-state index in [1.165, 1.54) is 0 Å². The lowest BCUT2D eigenvalue weighted by atomic mass is 10.0. The number of nitrogens with zero attached hydrogens (tertiary/aromatic N) is 1. The molecule has 5 nitrogen and oxygen atoms in total. The first-order chi connectivity index (χ1) is 8.09. The summed E-state index contributed by atoms with van der Waals surface area (Å²) in [6.07, 6.45) is 1.26. The normalized spacial score (nSPS) is 23.9. The standard InChI is InChI=1S/C12H19N3O2/c1-7-11(8(2)15-14-7)12(16)13-6-10-4-5-17-9(10)3/h9-10H,4-6H2,1-3H3,(H,13,16)(H,14,15). The summed E-state index contributed by atoms with van der Waals surface area (Å²) in [6.45, 7) is 7.21. The van der Waals surface area contributed by atoms with E-state index in [1.54, 1.807) is 0 Å². The van der Waals surface area contributed by atoms with Gasteiger partial charge in [-0.05, 0) is 27.2 Å². The fourth-order valence-corrected chi connectivity index (χ4v) is 2.24. The van der Waals surface area contributed by atoms with Crippen molar-refractivity contribution in [2.45, 2.75) is 33.3 Å². The molecule has 1 aromatic heterocycles. The first-order valence-corrected chi connectivity index (χ1v) is 6.01. The first kappa shape index (κ1) is 12.1. The Bertz CT molecular complexity index is 394. The topological polar surface area (TPSA) is 67.0 Å². The van der Waals surface area contributed by atoms with Gasteiger partial charge < -0.3 is 10.1 Å². The number of carbonyl (C=O) groups is 1. The van der Waals surface area contributed by atoms with E-state index in [-0.39, 0.29) is 12.0 Å². The summed E-state index contributed by atoms with van der Waals surface area (Å²) in [5, 5.41) is 9.80. The van der Waals surface area contributed by atoms with Gasteiger partial charge in [0.25, 0.3) is 5.91 Å². The Kier molecular flexibility index (Phi) is 3.47. The molecule has 5 heteroatoms. The number of aromatic amines is 1. The second-order valence-corrected chi connectivity index (χ2v) is 4.64. The first-order valence-electron chi connectivity index (χ1n) is 6.01. The van der Waals surface area contributed by atoms with Crippen molar-refractivity contribution in [2.24, 2.45) is 5.92 Å². The molecule has 94 valence electrons. The van der Waals surface area contributed by atoms with E-state index in [4.69, 9.17) is 4.74 Å². The summed E-state index contributed by atoms with van der Waals surface area (Å²) < 4.78 is 5.47. The van der Waals surface area contributed by atoms with Gasteiger partial charge in [-0.25, -0.2) is 0 Å². The fourth-order valence-electron chi connectivity index (χ4n) is 2.24. The molecule has 1 saturated heterocycles. The van der Waals surface area contributed by atoms with E-state index < -0.39 is 0 Å². The van der Waals surface area contributed by atoms with Gasteiger partial charge in [-0.1, -0.05) is 0 Å². The zero-order valence-corrected chi connectivity index (χ0v) is 10.5. The highest BCUT2D eigenvalue weighted by atomic mass is 16.5. The van der Waals surface area contributed by atoms with E-state index in [9.17, 15) is 4.79 Å². The van der Waals surface area contributed by atoms with Crippen LogP contribution in [0.15, 0.2) is 0 Å². The molecule has 2 atom stereocenters. The van der Waals surface area contributed by atoms with E-state index in [1.807, 2.05) is 13.8 Å². The predicted octanol–water partition coefficient (Wildman–Crippen LogP) is 1.18. The van der Waals surface area contributed by atoms with Crippen LogP contribution in [-0.4, -0.2) is 35.4 Å². The molecule has 2 heterocycles. The van der Waals surface area contributed by atoms with E-state index in [0.29, 0.717) is 18.0 Å². The molecule has 1 fully saturated rings. The molecule has 17 heavy (non-hydrogen) atoms. The van der Waals surface area contributed by atoms with Crippen LogP contribution < -0.4 is 5.32 Å². The fraction of sp³-hybridized carbons (Fsp3) is 0.667. The monoisotopic (exact) mass is 237 g/mol. The van der Waals surface area contributed by atoms with Crippen molar-refractivity contribution < 1.29 is 9.53 Å². The Hall–Kier alpha value is -1.36. The van der Waals surface area contributed by atoms with Crippen LogP contribution in [0.1, 0.15) is 35.1 Å². The van der Waals surface area contributed by atoms with Gasteiger partial charge in [-0.15, -0.1) is 0 Å². The molecule has 0 spiro atoms. The summed E-state index contributed by atoms with van der Waals surface area (Å²) in [7, 11) is 0. The third-order valence-corrected chi connectivity index (χ3v) is 3.41. The lowest BCUT2D eigenvalue weighted by Gasteiger charge is -2.14. The van der Waals surface area contributed by atoms with Gasteiger partial charge in [-0.2, -0.15) is 5.10 Å². The molecule has 2 rings (SSSR count). The lowest BCUT2D eigenvalue weighted by Crippen LogP contribution is -2.32. The molecule has 1 amide bonds. The van der Waals surface area contributed by atoms with Crippen LogP contribution in [0.25, 0.3) is 0 Å². The summed E-state index contributed by atoms with van der Waals surface area (Å²) in [4.78, 5) is 12.0. The molecular weight excluding hydrogens is 218 g/mol. The minimum atomic E-state index is -0.0483. The van der Waals surface area contributed by atoms with Crippen molar-refractivity contribution in [1.82, 2.24) is 15.5 Å². The van der Waals surface area contributed by atoms with Crippen molar-refractivity contribution in [3.8, 4) is 0 Å².